The highest BCUT2D eigenvalue weighted by Gasteiger charge is 2.44. The quantitative estimate of drug-likeness (QED) is 0.332. The zero-order chi connectivity index (χ0) is 29.5. The fourth-order valence-electron chi connectivity index (χ4n) is 4.44. The SMILES string of the molecule is CC(CCn1ccc(-c2ccc(NC(=O)Cc3ccccc3)cc2)cc1=O)(C(=O)NOC1CCCCO1)S(C)(=O)=O. The van der Waals surface area contributed by atoms with Crippen LogP contribution < -0.4 is 16.4 Å². The number of nitrogens with zero attached hydrogens (tertiary/aromatic N) is 1. The van der Waals surface area contributed by atoms with E-state index in [9.17, 15) is 22.8 Å². The second-order valence-corrected chi connectivity index (χ2v) is 12.8. The van der Waals surface area contributed by atoms with Gasteiger partial charge in [-0.3, -0.25) is 14.4 Å². The van der Waals surface area contributed by atoms with Crippen molar-refractivity contribution in [2.75, 3.05) is 18.2 Å². The fraction of sp³-hybridized carbons (Fsp3) is 0.367. The number of anilines is 1. The summed E-state index contributed by atoms with van der Waals surface area (Å²) >= 11 is 0. The zero-order valence-electron chi connectivity index (χ0n) is 23.2. The van der Waals surface area contributed by atoms with Gasteiger partial charge in [-0.05, 0) is 61.1 Å². The maximum absolute atomic E-state index is 12.9. The second kappa shape index (κ2) is 13.2. The smallest absolute Gasteiger partial charge is 0.264 e. The van der Waals surface area contributed by atoms with E-state index in [0.29, 0.717) is 24.3 Å². The molecule has 2 amide bonds. The van der Waals surface area contributed by atoms with Gasteiger partial charge in [0.15, 0.2) is 20.9 Å². The van der Waals surface area contributed by atoms with Crippen LogP contribution >= 0.6 is 0 Å². The average molecular weight is 582 g/mol. The molecule has 1 aromatic heterocycles. The van der Waals surface area contributed by atoms with Crippen LogP contribution in [0, 0.1) is 0 Å². The van der Waals surface area contributed by atoms with Crippen LogP contribution in [0.4, 0.5) is 5.69 Å². The van der Waals surface area contributed by atoms with Crippen molar-refractivity contribution in [3.05, 3.63) is 88.8 Å². The molecule has 1 fully saturated rings. The molecule has 11 heteroatoms. The summed E-state index contributed by atoms with van der Waals surface area (Å²) in [4.78, 5) is 43.4. The van der Waals surface area contributed by atoms with Crippen LogP contribution in [0.25, 0.3) is 11.1 Å². The molecular formula is C30H35N3O7S. The molecule has 2 heterocycles. The van der Waals surface area contributed by atoms with Gasteiger partial charge in [-0.15, -0.1) is 0 Å². The first-order chi connectivity index (χ1) is 19.5. The van der Waals surface area contributed by atoms with Gasteiger partial charge in [0.1, 0.15) is 0 Å². The van der Waals surface area contributed by atoms with E-state index in [1.807, 2.05) is 30.3 Å². The Labute approximate surface area is 239 Å². The Hall–Kier alpha value is -3.80. The highest BCUT2D eigenvalue weighted by molar-refractivity contribution is 7.92. The zero-order valence-corrected chi connectivity index (χ0v) is 24.0. The molecule has 3 aromatic rings. The van der Waals surface area contributed by atoms with Crippen molar-refractivity contribution >= 4 is 27.3 Å². The van der Waals surface area contributed by atoms with Crippen LogP contribution in [0.3, 0.4) is 0 Å². The molecule has 2 aromatic carbocycles. The number of carbonyl (C=O) groups excluding carboxylic acids is 2. The van der Waals surface area contributed by atoms with E-state index >= 15 is 0 Å². The molecule has 0 bridgehead atoms. The highest BCUT2D eigenvalue weighted by atomic mass is 32.2. The largest absolute Gasteiger partial charge is 0.350 e. The van der Waals surface area contributed by atoms with E-state index in [1.165, 1.54) is 17.6 Å². The predicted octanol–water partition coefficient (Wildman–Crippen LogP) is 3.46. The van der Waals surface area contributed by atoms with Crippen LogP contribution in [-0.2, 0) is 42.0 Å². The van der Waals surface area contributed by atoms with Crippen molar-refractivity contribution in [2.24, 2.45) is 0 Å². The van der Waals surface area contributed by atoms with Crippen molar-refractivity contribution in [3.8, 4) is 11.1 Å². The number of hydroxylamine groups is 1. The summed E-state index contributed by atoms with van der Waals surface area (Å²) in [6.45, 7) is 1.84. The first-order valence-corrected chi connectivity index (χ1v) is 15.4. The number of ether oxygens (including phenoxy) is 1. The van der Waals surface area contributed by atoms with Crippen LogP contribution in [0.15, 0.2) is 77.7 Å². The van der Waals surface area contributed by atoms with Crippen molar-refractivity contribution in [2.45, 2.75) is 56.6 Å². The summed E-state index contributed by atoms with van der Waals surface area (Å²) in [5.41, 5.74) is 4.91. The number of aromatic nitrogens is 1. The summed E-state index contributed by atoms with van der Waals surface area (Å²) in [5.74, 6) is -0.940. The Morgan fingerprint density at radius 2 is 1.78 bits per heavy atom. The Morgan fingerprint density at radius 1 is 1.05 bits per heavy atom. The minimum Gasteiger partial charge on any atom is -0.350 e. The molecule has 1 aliphatic heterocycles. The highest BCUT2D eigenvalue weighted by Crippen LogP contribution is 2.24. The second-order valence-electron chi connectivity index (χ2n) is 10.3. The minimum atomic E-state index is -3.86. The van der Waals surface area contributed by atoms with Gasteiger partial charge >= 0.3 is 0 Å². The van der Waals surface area contributed by atoms with Gasteiger partial charge in [-0.25, -0.2) is 18.7 Å². The maximum Gasteiger partial charge on any atom is 0.264 e. The molecular weight excluding hydrogens is 546 g/mol. The first kappa shape index (κ1) is 30.2. The normalized spacial score (nSPS) is 16.9. The molecule has 1 saturated heterocycles. The molecule has 10 nitrogen and oxygen atoms in total. The molecule has 4 rings (SSSR count). The number of sulfone groups is 1. The fourth-order valence-corrected chi connectivity index (χ4v) is 5.28. The third-order valence-electron chi connectivity index (χ3n) is 7.26. The lowest BCUT2D eigenvalue weighted by Crippen LogP contribution is -2.51. The third kappa shape index (κ3) is 7.90. The third-order valence-corrected chi connectivity index (χ3v) is 9.28. The molecule has 41 heavy (non-hydrogen) atoms. The number of pyridine rings is 1. The average Bonchev–Trinajstić information content (AvgIpc) is 2.96. The van der Waals surface area contributed by atoms with Gasteiger partial charge in [0.05, 0.1) is 6.42 Å². The van der Waals surface area contributed by atoms with Crippen LogP contribution in [0.2, 0.25) is 0 Å². The molecule has 0 aliphatic carbocycles. The van der Waals surface area contributed by atoms with Gasteiger partial charge in [-0.1, -0.05) is 42.5 Å². The minimum absolute atomic E-state index is 0.00240. The van der Waals surface area contributed by atoms with Crippen molar-refractivity contribution in [3.63, 3.8) is 0 Å². The summed E-state index contributed by atoms with van der Waals surface area (Å²) < 4.78 is 30.2. The topological polar surface area (TPSA) is 133 Å². The number of hydrogen-bond acceptors (Lipinski definition) is 7. The Bertz CT molecular complexity index is 1520. The number of amides is 2. The van der Waals surface area contributed by atoms with E-state index in [0.717, 1.165) is 30.2 Å². The molecule has 1 aliphatic rings. The van der Waals surface area contributed by atoms with Crippen molar-refractivity contribution in [1.82, 2.24) is 10.0 Å². The van der Waals surface area contributed by atoms with Crippen LogP contribution in [0.5, 0.6) is 0 Å². The summed E-state index contributed by atoms with van der Waals surface area (Å²) in [6, 6.07) is 19.8. The van der Waals surface area contributed by atoms with Crippen molar-refractivity contribution < 1.29 is 27.6 Å². The number of benzene rings is 2. The number of hydrogen-bond donors (Lipinski definition) is 2. The maximum atomic E-state index is 12.9. The number of rotatable bonds is 11. The van der Waals surface area contributed by atoms with E-state index in [4.69, 9.17) is 9.57 Å². The molecule has 0 saturated carbocycles. The lowest BCUT2D eigenvalue weighted by atomic mass is 10.1. The van der Waals surface area contributed by atoms with Gasteiger partial charge in [0, 0.05) is 43.8 Å². The van der Waals surface area contributed by atoms with Crippen molar-refractivity contribution in [1.29, 1.82) is 0 Å². The van der Waals surface area contributed by atoms with Crippen LogP contribution in [0.1, 0.15) is 38.2 Å². The van der Waals surface area contributed by atoms with E-state index < -0.39 is 26.8 Å². The first-order valence-electron chi connectivity index (χ1n) is 13.5. The monoisotopic (exact) mass is 581 g/mol. The molecule has 0 spiro atoms. The molecule has 2 atom stereocenters. The summed E-state index contributed by atoms with van der Waals surface area (Å²) in [6.07, 6.45) is 4.46. The van der Waals surface area contributed by atoms with Gasteiger partial charge in [0.25, 0.3) is 11.5 Å². The lowest BCUT2D eigenvalue weighted by molar-refractivity contribution is -0.201. The molecule has 2 unspecified atom stereocenters. The van der Waals surface area contributed by atoms with E-state index in [2.05, 4.69) is 10.8 Å². The predicted molar refractivity (Wildman–Crippen MR) is 156 cm³/mol. The molecule has 218 valence electrons. The summed E-state index contributed by atoms with van der Waals surface area (Å²) in [7, 11) is -3.86. The lowest BCUT2D eigenvalue weighted by Gasteiger charge is -2.28. The Kier molecular flexibility index (Phi) is 9.74. The number of aryl methyl sites for hydroxylation is 1. The Morgan fingerprint density at radius 3 is 2.41 bits per heavy atom. The number of carbonyl (C=O) groups is 2. The van der Waals surface area contributed by atoms with E-state index in [-0.39, 0.29) is 30.9 Å². The Balaban J connectivity index is 1.38. The molecule has 0 radical (unpaired) electrons. The number of nitrogens with one attached hydrogen (secondary N) is 2. The molecule has 2 N–H and O–H groups in total. The van der Waals surface area contributed by atoms with Crippen LogP contribution in [-0.4, -0.2) is 48.7 Å². The van der Waals surface area contributed by atoms with Gasteiger partial charge < -0.3 is 14.6 Å². The van der Waals surface area contributed by atoms with Gasteiger partial charge in [0.2, 0.25) is 5.91 Å². The van der Waals surface area contributed by atoms with E-state index in [1.54, 1.807) is 36.5 Å². The van der Waals surface area contributed by atoms with Gasteiger partial charge in [-0.2, -0.15) is 0 Å². The standard InChI is InChI=1S/C30H35N3O7S/c1-30(41(2,37)38,29(36)32-40-28-10-6-7-19-39-28)16-18-33-17-15-24(21-27(33)35)23-11-13-25(14-12-23)31-26(34)20-22-8-4-3-5-9-22/h3-5,8-9,11-15,17,21,28H,6-7,10,16,18-20H2,1-2H3,(H,31,34)(H,32,36). The summed E-state index contributed by atoms with van der Waals surface area (Å²) in [5, 5.41) is 2.87.